The molecule has 0 aromatic heterocycles. The summed E-state index contributed by atoms with van der Waals surface area (Å²) >= 11 is 0. The lowest BCUT2D eigenvalue weighted by molar-refractivity contribution is -0.141. The van der Waals surface area contributed by atoms with Crippen molar-refractivity contribution in [3.8, 4) is 0 Å². The van der Waals surface area contributed by atoms with Crippen LogP contribution in [0.3, 0.4) is 0 Å². The summed E-state index contributed by atoms with van der Waals surface area (Å²) in [4.78, 5) is 24.6. The van der Waals surface area contributed by atoms with Gasteiger partial charge in [0.15, 0.2) is 0 Å². The van der Waals surface area contributed by atoms with E-state index in [4.69, 9.17) is 9.47 Å². The molecule has 0 aliphatic heterocycles. The average molecular weight is 320 g/mol. The number of esters is 2. The molecule has 0 radical (unpaired) electrons. The van der Waals surface area contributed by atoms with E-state index in [1.165, 1.54) is 0 Å². The lowest BCUT2D eigenvalue weighted by atomic mass is 9.93. The van der Waals surface area contributed by atoms with Crippen LogP contribution in [0.1, 0.15) is 53.4 Å². The summed E-state index contributed by atoms with van der Waals surface area (Å²) in [5, 5.41) is 0. The first-order valence-electron chi connectivity index (χ1n) is 8.38. The maximum Gasteiger partial charge on any atom is 0.338 e. The van der Waals surface area contributed by atoms with Crippen molar-refractivity contribution in [1.29, 1.82) is 0 Å². The van der Waals surface area contributed by atoms with Crippen molar-refractivity contribution in [2.24, 2.45) is 5.41 Å². The number of hydrogen-bond donors (Lipinski definition) is 0. The van der Waals surface area contributed by atoms with Gasteiger partial charge < -0.3 is 9.47 Å². The summed E-state index contributed by atoms with van der Waals surface area (Å²) in [5.74, 6) is -0.945. The molecule has 1 aliphatic carbocycles. The summed E-state index contributed by atoms with van der Waals surface area (Å²) in [6, 6.07) is 0. The smallest absolute Gasteiger partial charge is 0.338 e. The number of rotatable bonds is 8. The molecule has 0 unspecified atom stereocenters. The Balaban J connectivity index is 2.99. The lowest BCUT2D eigenvalue weighted by Crippen LogP contribution is -2.15. The van der Waals surface area contributed by atoms with E-state index in [9.17, 15) is 9.59 Å². The van der Waals surface area contributed by atoms with Crippen molar-refractivity contribution in [2.75, 3.05) is 13.2 Å². The van der Waals surface area contributed by atoms with Gasteiger partial charge in [0.2, 0.25) is 0 Å². The number of unbranched alkanes of at least 4 members (excludes halogenated alkanes) is 2. The van der Waals surface area contributed by atoms with Crippen LogP contribution in [0.2, 0.25) is 0 Å². The third-order valence-electron chi connectivity index (χ3n) is 3.55. The Morgan fingerprint density at radius 2 is 1.26 bits per heavy atom. The monoisotopic (exact) mass is 320 g/mol. The highest BCUT2D eigenvalue weighted by molar-refractivity contribution is 6.04. The van der Waals surface area contributed by atoms with E-state index in [0.29, 0.717) is 13.2 Å². The Hall–Kier alpha value is -1.84. The van der Waals surface area contributed by atoms with Gasteiger partial charge in [-0.15, -0.1) is 0 Å². The van der Waals surface area contributed by atoms with Crippen LogP contribution in [0.25, 0.3) is 0 Å². The van der Waals surface area contributed by atoms with Crippen LogP contribution in [0, 0.1) is 5.41 Å². The Bertz CT molecular complexity index is 465. The Morgan fingerprint density at radius 3 is 1.61 bits per heavy atom. The SMILES string of the molecule is CCCCOC(=O)C1=C(C(=O)OCCCC)C=CC(C)(C)C=C1. The van der Waals surface area contributed by atoms with Crippen molar-refractivity contribution in [1.82, 2.24) is 0 Å². The first kappa shape index (κ1) is 19.2. The molecule has 0 saturated heterocycles. The lowest BCUT2D eigenvalue weighted by Gasteiger charge is -2.12. The molecule has 4 nitrogen and oxygen atoms in total. The first-order valence-corrected chi connectivity index (χ1v) is 8.38. The molecule has 0 heterocycles. The van der Waals surface area contributed by atoms with E-state index in [0.717, 1.165) is 25.7 Å². The molecular formula is C19H28O4. The van der Waals surface area contributed by atoms with Gasteiger partial charge in [0, 0.05) is 5.41 Å². The van der Waals surface area contributed by atoms with E-state index in [1.807, 2.05) is 39.8 Å². The van der Waals surface area contributed by atoms with Gasteiger partial charge >= 0.3 is 11.9 Å². The third kappa shape index (κ3) is 6.43. The minimum absolute atomic E-state index is 0.236. The minimum Gasteiger partial charge on any atom is -0.462 e. The second kappa shape index (κ2) is 9.33. The highest BCUT2D eigenvalue weighted by Gasteiger charge is 2.24. The summed E-state index contributed by atoms with van der Waals surface area (Å²) < 4.78 is 10.5. The van der Waals surface area contributed by atoms with Crippen LogP contribution in [-0.2, 0) is 19.1 Å². The maximum absolute atomic E-state index is 12.3. The molecule has 0 amide bonds. The molecule has 0 aromatic carbocycles. The van der Waals surface area contributed by atoms with Gasteiger partial charge in [0.25, 0.3) is 0 Å². The van der Waals surface area contributed by atoms with Crippen LogP contribution >= 0.6 is 0 Å². The molecule has 4 heteroatoms. The van der Waals surface area contributed by atoms with Crippen molar-refractivity contribution >= 4 is 11.9 Å². The van der Waals surface area contributed by atoms with Gasteiger partial charge in [0.05, 0.1) is 24.4 Å². The molecule has 0 fully saturated rings. The number of carbonyl (C=O) groups is 2. The standard InChI is InChI=1S/C19H28O4/c1-5-7-13-22-17(20)15-9-11-19(3,4)12-10-16(15)18(21)23-14-8-6-2/h9-12H,5-8,13-14H2,1-4H3. The van der Waals surface area contributed by atoms with Crippen LogP contribution in [0.15, 0.2) is 35.5 Å². The van der Waals surface area contributed by atoms with Crippen LogP contribution in [0.5, 0.6) is 0 Å². The molecule has 1 rings (SSSR count). The van der Waals surface area contributed by atoms with E-state index in [2.05, 4.69) is 0 Å². The van der Waals surface area contributed by atoms with Crippen LogP contribution in [0.4, 0.5) is 0 Å². The maximum atomic E-state index is 12.3. The van der Waals surface area contributed by atoms with Crippen LogP contribution < -0.4 is 0 Å². The Labute approximate surface area is 139 Å². The Morgan fingerprint density at radius 1 is 0.870 bits per heavy atom. The molecule has 0 aromatic rings. The van der Waals surface area contributed by atoms with E-state index in [1.54, 1.807) is 12.2 Å². The zero-order chi connectivity index (χ0) is 17.3. The molecular weight excluding hydrogens is 292 g/mol. The zero-order valence-corrected chi connectivity index (χ0v) is 14.7. The molecule has 1 aliphatic rings. The van der Waals surface area contributed by atoms with Crippen molar-refractivity contribution in [2.45, 2.75) is 53.4 Å². The number of hydrogen-bond acceptors (Lipinski definition) is 4. The van der Waals surface area contributed by atoms with Crippen molar-refractivity contribution in [3.63, 3.8) is 0 Å². The largest absolute Gasteiger partial charge is 0.462 e. The minimum atomic E-state index is -0.473. The predicted molar refractivity (Wildman–Crippen MR) is 90.8 cm³/mol. The van der Waals surface area contributed by atoms with E-state index in [-0.39, 0.29) is 16.6 Å². The van der Waals surface area contributed by atoms with Crippen molar-refractivity contribution < 1.29 is 19.1 Å². The first-order chi connectivity index (χ1) is 10.9. The van der Waals surface area contributed by atoms with Crippen LogP contribution in [-0.4, -0.2) is 25.2 Å². The molecule has 23 heavy (non-hydrogen) atoms. The number of allylic oxidation sites excluding steroid dienone is 2. The van der Waals surface area contributed by atoms with E-state index >= 15 is 0 Å². The normalized spacial score (nSPS) is 16.2. The van der Waals surface area contributed by atoms with Crippen molar-refractivity contribution in [3.05, 3.63) is 35.5 Å². The third-order valence-corrected chi connectivity index (χ3v) is 3.55. The predicted octanol–water partition coefficient (Wildman–Crippen LogP) is 4.12. The van der Waals surface area contributed by atoms with Gasteiger partial charge in [-0.1, -0.05) is 52.7 Å². The Kier molecular flexibility index (Phi) is 7.79. The molecule has 0 spiro atoms. The topological polar surface area (TPSA) is 52.6 Å². The summed E-state index contributed by atoms with van der Waals surface area (Å²) in [6.07, 6.45) is 10.6. The quantitative estimate of drug-likeness (QED) is 0.498. The fourth-order valence-corrected chi connectivity index (χ4v) is 1.96. The molecule has 0 atom stereocenters. The second-order valence-corrected chi connectivity index (χ2v) is 6.29. The number of ether oxygens (including phenoxy) is 2. The summed E-state index contributed by atoms with van der Waals surface area (Å²) in [6.45, 7) is 8.79. The molecule has 128 valence electrons. The van der Waals surface area contributed by atoms with Gasteiger partial charge in [-0.3, -0.25) is 0 Å². The fraction of sp³-hybridized carbons (Fsp3) is 0.579. The van der Waals surface area contributed by atoms with E-state index < -0.39 is 11.9 Å². The van der Waals surface area contributed by atoms with Gasteiger partial charge in [-0.2, -0.15) is 0 Å². The molecule has 0 saturated carbocycles. The van der Waals surface area contributed by atoms with Gasteiger partial charge in [-0.25, -0.2) is 9.59 Å². The summed E-state index contributed by atoms with van der Waals surface area (Å²) in [5.41, 5.74) is 0.300. The highest BCUT2D eigenvalue weighted by Crippen LogP contribution is 2.26. The summed E-state index contributed by atoms with van der Waals surface area (Å²) in [7, 11) is 0. The fourth-order valence-electron chi connectivity index (χ4n) is 1.96. The molecule has 0 bridgehead atoms. The zero-order valence-electron chi connectivity index (χ0n) is 14.7. The molecule has 0 N–H and O–H groups in total. The van der Waals surface area contributed by atoms with Gasteiger partial charge in [-0.05, 0) is 25.0 Å². The highest BCUT2D eigenvalue weighted by atomic mass is 16.5. The van der Waals surface area contributed by atoms with Gasteiger partial charge in [0.1, 0.15) is 0 Å². The second-order valence-electron chi connectivity index (χ2n) is 6.29. The average Bonchev–Trinajstić information content (AvgIpc) is 2.66. The number of carbonyl (C=O) groups excluding carboxylic acids is 2.